The quantitative estimate of drug-likeness (QED) is 0.822. The van der Waals surface area contributed by atoms with E-state index >= 15 is 0 Å². The Morgan fingerprint density at radius 3 is 2.29 bits per heavy atom. The molecule has 2 aromatic carbocycles. The van der Waals surface area contributed by atoms with Gasteiger partial charge in [0.2, 0.25) is 11.8 Å². The van der Waals surface area contributed by atoms with Crippen LogP contribution in [-0.2, 0) is 9.59 Å². The summed E-state index contributed by atoms with van der Waals surface area (Å²) in [7, 11) is 0. The Morgan fingerprint density at radius 2 is 1.71 bits per heavy atom. The topological polar surface area (TPSA) is 49.4 Å². The summed E-state index contributed by atoms with van der Waals surface area (Å²) in [6.07, 6.45) is 0.236. The lowest BCUT2D eigenvalue weighted by molar-refractivity contribution is -0.117. The minimum Gasteiger partial charge on any atom is -0.326 e. The summed E-state index contributed by atoms with van der Waals surface area (Å²) in [6.45, 7) is 5.82. The molecule has 0 heterocycles. The molecule has 5 heteroatoms. The van der Waals surface area contributed by atoms with Crippen molar-refractivity contribution in [3.05, 3.63) is 58.1 Å². The van der Waals surface area contributed by atoms with Crippen LogP contribution < -0.4 is 10.2 Å². The highest BCUT2D eigenvalue weighted by atomic mass is 79.9. The second kappa shape index (κ2) is 8.11. The van der Waals surface area contributed by atoms with Crippen molar-refractivity contribution >= 4 is 39.1 Å². The maximum atomic E-state index is 12.2. The van der Waals surface area contributed by atoms with Gasteiger partial charge in [-0.1, -0.05) is 40.2 Å². The fourth-order valence-electron chi connectivity index (χ4n) is 2.66. The summed E-state index contributed by atoms with van der Waals surface area (Å²) in [5.74, 6) is -0.187. The molecule has 0 aliphatic carbocycles. The minimum absolute atomic E-state index is 0.0670. The van der Waals surface area contributed by atoms with E-state index in [-0.39, 0.29) is 18.2 Å². The lowest BCUT2D eigenvalue weighted by Crippen LogP contribution is -2.33. The van der Waals surface area contributed by atoms with Gasteiger partial charge < -0.3 is 10.2 Å². The molecular weight excluding hydrogens is 368 g/mol. The number of aryl methyl sites for hydroxylation is 2. The summed E-state index contributed by atoms with van der Waals surface area (Å²) in [5.41, 5.74) is 3.67. The van der Waals surface area contributed by atoms with Crippen LogP contribution in [0.5, 0.6) is 0 Å². The first-order valence-electron chi connectivity index (χ1n) is 7.78. The van der Waals surface area contributed by atoms with Crippen LogP contribution in [0.1, 0.15) is 24.5 Å². The second-order valence-corrected chi connectivity index (χ2v) is 6.64. The van der Waals surface area contributed by atoms with E-state index in [2.05, 4.69) is 21.2 Å². The van der Waals surface area contributed by atoms with E-state index in [0.717, 1.165) is 27.0 Å². The van der Waals surface area contributed by atoms with E-state index in [0.29, 0.717) is 6.54 Å². The number of nitrogens with zero attached hydrogens (tertiary/aromatic N) is 1. The summed E-state index contributed by atoms with van der Waals surface area (Å²) >= 11 is 3.38. The van der Waals surface area contributed by atoms with Crippen LogP contribution in [0.2, 0.25) is 0 Å². The molecule has 0 unspecified atom stereocenters. The molecule has 0 fully saturated rings. The van der Waals surface area contributed by atoms with Crippen molar-refractivity contribution in [2.45, 2.75) is 27.2 Å². The Hall–Kier alpha value is -2.14. The molecule has 4 nitrogen and oxygen atoms in total. The van der Waals surface area contributed by atoms with Crippen molar-refractivity contribution in [2.75, 3.05) is 16.8 Å². The number of amides is 2. The van der Waals surface area contributed by atoms with Crippen molar-refractivity contribution < 1.29 is 9.59 Å². The average molecular weight is 389 g/mol. The van der Waals surface area contributed by atoms with E-state index in [9.17, 15) is 9.59 Å². The first-order valence-corrected chi connectivity index (χ1v) is 8.57. The first-order chi connectivity index (χ1) is 11.4. The minimum atomic E-state index is -0.120. The number of halogens is 1. The molecule has 2 amide bonds. The van der Waals surface area contributed by atoms with Gasteiger partial charge in [0.15, 0.2) is 0 Å². The maximum absolute atomic E-state index is 12.2. The molecular formula is C19H21BrN2O2. The smallest absolute Gasteiger partial charge is 0.226 e. The van der Waals surface area contributed by atoms with Crippen LogP contribution >= 0.6 is 15.9 Å². The normalized spacial score (nSPS) is 10.3. The van der Waals surface area contributed by atoms with Gasteiger partial charge >= 0.3 is 0 Å². The fraction of sp³-hybridized carbons (Fsp3) is 0.263. The van der Waals surface area contributed by atoms with E-state index < -0.39 is 0 Å². The molecule has 0 saturated carbocycles. The Bertz CT molecular complexity index is 739. The number of rotatable bonds is 5. The molecule has 0 bridgehead atoms. The van der Waals surface area contributed by atoms with Gasteiger partial charge in [-0.05, 0) is 43.2 Å². The van der Waals surface area contributed by atoms with E-state index in [1.807, 2.05) is 56.3 Å². The lowest BCUT2D eigenvalue weighted by atomic mass is 10.1. The van der Waals surface area contributed by atoms with Gasteiger partial charge in [0.1, 0.15) is 0 Å². The molecule has 0 aromatic heterocycles. The van der Waals surface area contributed by atoms with Gasteiger partial charge in [-0.2, -0.15) is 0 Å². The van der Waals surface area contributed by atoms with Crippen LogP contribution in [-0.4, -0.2) is 18.4 Å². The third-order valence-electron chi connectivity index (χ3n) is 3.76. The molecule has 24 heavy (non-hydrogen) atoms. The van der Waals surface area contributed by atoms with Crippen LogP contribution in [0.15, 0.2) is 46.9 Å². The Labute approximate surface area is 151 Å². The van der Waals surface area contributed by atoms with Gasteiger partial charge in [-0.25, -0.2) is 0 Å². The van der Waals surface area contributed by atoms with E-state index in [1.54, 1.807) is 4.90 Å². The van der Waals surface area contributed by atoms with Crippen molar-refractivity contribution in [1.82, 2.24) is 0 Å². The summed E-state index contributed by atoms with van der Waals surface area (Å²) in [4.78, 5) is 25.9. The molecule has 1 N–H and O–H groups in total. The number of hydrogen-bond donors (Lipinski definition) is 1. The molecule has 0 radical (unpaired) electrons. The molecule has 0 spiro atoms. The number of anilines is 2. The van der Waals surface area contributed by atoms with Gasteiger partial charge in [-0.3, -0.25) is 9.59 Å². The third-order valence-corrected chi connectivity index (χ3v) is 4.25. The van der Waals surface area contributed by atoms with Crippen LogP contribution in [0.3, 0.4) is 0 Å². The number of hydrogen-bond acceptors (Lipinski definition) is 2. The lowest BCUT2D eigenvalue weighted by Gasteiger charge is -2.25. The zero-order chi connectivity index (χ0) is 17.7. The number of carbonyl (C=O) groups excluding carboxylic acids is 2. The highest BCUT2D eigenvalue weighted by molar-refractivity contribution is 9.10. The van der Waals surface area contributed by atoms with Crippen molar-refractivity contribution in [3.8, 4) is 0 Å². The molecule has 0 aliphatic heterocycles. The van der Waals surface area contributed by atoms with E-state index in [4.69, 9.17) is 0 Å². The largest absolute Gasteiger partial charge is 0.326 e. The first kappa shape index (κ1) is 18.2. The number of para-hydroxylation sites is 1. The monoisotopic (exact) mass is 388 g/mol. The number of nitrogens with one attached hydrogen (secondary N) is 1. The Kier molecular flexibility index (Phi) is 6.15. The van der Waals surface area contributed by atoms with Crippen molar-refractivity contribution in [2.24, 2.45) is 0 Å². The third kappa shape index (κ3) is 4.68. The van der Waals surface area contributed by atoms with Crippen molar-refractivity contribution in [1.29, 1.82) is 0 Å². The van der Waals surface area contributed by atoms with Crippen LogP contribution in [0.25, 0.3) is 0 Å². The predicted molar refractivity (Wildman–Crippen MR) is 101 cm³/mol. The zero-order valence-corrected chi connectivity index (χ0v) is 15.7. The van der Waals surface area contributed by atoms with Crippen molar-refractivity contribution in [3.63, 3.8) is 0 Å². The summed E-state index contributed by atoms with van der Waals surface area (Å²) in [5, 5.41) is 2.85. The maximum Gasteiger partial charge on any atom is 0.226 e. The summed E-state index contributed by atoms with van der Waals surface area (Å²) in [6, 6.07) is 13.3. The summed E-state index contributed by atoms with van der Waals surface area (Å²) < 4.78 is 0.904. The Balaban J connectivity index is 2.07. The molecule has 126 valence electrons. The number of benzene rings is 2. The van der Waals surface area contributed by atoms with Gasteiger partial charge in [-0.15, -0.1) is 0 Å². The molecule has 2 rings (SSSR count). The fourth-order valence-corrected chi connectivity index (χ4v) is 3.06. The Morgan fingerprint density at radius 1 is 1.08 bits per heavy atom. The molecule has 0 atom stereocenters. The molecule has 0 saturated heterocycles. The number of carbonyl (C=O) groups is 2. The highest BCUT2D eigenvalue weighted by Gasteiger charge is 2.17. The van der Waals surface area contributed by atoms with Gasteiger partial charge in [0.25, 0.3) is 0 Å². The van der Waals surface area contributed by atoms with Gasteiger partial charge in [0, 0.05) is 35.7 Å². The molecule has 2 aromatic rings. The highest BCUT2D eigenvalue weighted by Crippen LogP contribution is 2.25. The standard InChI is InChI=1S/C19H21BrN2O2/c1-13-6-4-7-14(2)19(13)22(15(3)23)11-10-18(24)21-17-9-5-8-16(20)12-17/h4-9,12H,10-11H2,1-3H3,(H,21,24). The average Bonchev–Trinajstić information content (AvgIpc) is 2.49. The van der Waals surface area contributed by atoms with Gasteiger partial charge in [0.05, 0.1) is 0 Å². The van der Waals surface area contributed by atoms with Crippen LogP contribution in [0.4, 0.5) is 11.4 Å². The van der Waals surface area contributed by atoms with Crippen LogP contribution in [0, 0.1) is 13.8 Å². The predicted octanol–water partition coefficient (Wildman–Crippen LogP) is 4.45. The zero-order valence-electron chi connectivity index (χ0n) is 14.1. The SMILES string of the molecule is CC(=O)N(CCC(=O)Nc1cccc(Br)c1)c1c(C)cccc1C. The van der Waals surface area contributed by atoms with E-state index in [1.165, 1.54) is 6.92 Å². The molecule has 0 aliphatic rings. The second-order valence-electron chi connectivity index (χ2n) is 5.72.